The van der Waals surface area contributed by atoms with Crippen LogP contribution in [0.2, 0.25) is 0 Å². The van der Waals surface area contributed by atoms with Crippen molar-refractivity contribution in [1.29, 1.82) is 0 Å². The molecule has 0 radical (unpaired) electrons. The van der Waals surface area contributed by atoms with Crippen molar-refractivity contribution in [2.24, 2.45) is 17.3 Å². The van der Waals surface area contributed by atoms with E-state index >= 15 is 0 Å². The Morgan fingerprint density at radius 3 is 2.64 bits per heavy atom. The van der Waals surface area contributed by atoms with Crippen molar-refractivity contribution in [3.8, 4) is 5.75 Å². The van der Waals surface area contributed by atoms with E-state index in [-0.39, 0.29) is 23.4 Å². The topological polar surface area (TPSA) is 154 Å². The number of carboxylic acid groups (broad SMARTS) is 1. The highest BCUT2D eigenvalue weighted by Gasteiger charge is 2.60. The number of rotatable bonds is 3. The van der Waals surface area contributed by atoms with Crippen molar-refractivity contribution in [2.75, 3.05) is 0 Å². The highest BCUT2D eigenvalue weighted by Crippen LogP contribution is 2.60. The maximum atomic E-state index is 13.4. The van der Waals surface area contributed by atoms with E-state index in [2.05, 4.69) is 0 Å². The number of carbonyl (C=O) groups excluding carboxylic acids is 1. The minimum Gasteiger partial charge on any atom is -0.508 e. The quantitative estimate of drug-likeness (QED) is 0.437. The van der Waals surface area contributed by atoms with Gasteiger partial charge in [0.1, 0.15) is 30.2 Å². The molecule has 10 atom stereocenters. The SMILES string of the molecule is C[C@]12CC[C@@H]3c4ccc(O)cc4CC[C@@H]3[C@@H]1C[C@H](O[C@H]1O[C@H](C(=O)O)[C@H](O)[C@H](O)[C@H]1O)C2=O. The smallest absolute Gasteiger partial charge is 0.335 e. The van der Waals surface area contributed by atoms with Gasteiger partial charge in [-0.2, -0.15) is 0 Å². The van der Waals surface area contributed by atoms with Gasteiger partial charge in [0.25, 0.3) is 0 Å². The van der Waals surface area contributed by atoms with Gasteiger partial charge < -0.3 is 35.0 Å². The summed E-state index contributed by atoms with van der Waals surface area (Å²) >= 11 is 0. The van der Waals surface area contributed by atoms with Gasteiger partial charge in [0.15, 0.2) is 18.2 Å². The van der Waals surface area contributed by atoms with E-state index in [9.17, 15) is 35.1 Å². The van der Waals surface area contributed by atoms with Crippen molar-refractivity contribution >= 4 is 11.8 Å². The van der Waals surface area contributed by atoms with Crippen molar-refractivity contribution < 1.29 is 44.6 Å². The van der Waals surface area contributed by atoms with Crippen LogP contribution in [0.3, 0.4) is 0 Å². The Balaban J connectivity index is 1.36. The van der Waals surface area contributed by atoms with E-state index in [4.69, 9.17) is 9.47 Å². The number of hydrogen-bond acceptors (Lipinski definition) is 8. The van der Waals surface area contributed by atoms with Crippen molar-refractivity contribution in [3.63, 3.8) is 0 Å². The monoisotopic (exact) mass is 462 g/mol. The molecule has 3 aliphatic carbocycles. The number of carbonyl (C=O) groups is 2. The lowest BCUT2D eigenvalue weighted by Gasteiger charge is -2.48. The third-order valence-electron chi connectivity index (χ3n) is 8.53. The maximum absolute atomic E-state index is 13.4. The summed E-state index contributed by atoms with van der Waals surface area (Å²) in [6.07, 6.45) is -5.76. The van der Waals surface area contributed by atoms with Gasteiger partial charge in [-0.25, -0.2) is 4.79 Å². The number of hydrogen-bond donors (Lipinski definition) is 5. The van der Waals surface area contributed by atoms with Gasteiger partial charge in [-0.3, -0.25) is 4.79 Å². The van der Waals surface area contributed by atoms with Crippen LogP contribution in [0.5, 0.6) is 5.75 Å². The van der Waals surface area contributed by atoms with Gasteiger partial charge in [0.2, 0.25) is 0 Å². The number of ketones is 1. The molecule has 180 valence electrons. The molecule has 5 N–H and O–H groups in total. The first-order chi connectivity index (χ1) is 15.6. The van der Waals surface area contributed by atoms with Gasteiger partial charge in [-0.15, -0.1) is 0 Å². The molecule has 1 aliphatic heterocycles. The number of phenols is 1. The molecule has 1 saturated heterocycles. The lowest BCUT2D eigenvalue weighted by molar-refractivity contribution is -0.301. The predicted molar refractivity (Wildman–Crippen MR) is 112 cm³/mol. The molecular weight excluding hydrogens is 432 g/mol. The van der Waals surface area contributed by atoms with Crippen LogP contribution in [0.15, 0.2) is 18.2 Å². The van der Waals surface area contributed by atoms with E-state index in [1.165, 1.54) is 5.56 Å². The molecule has 3 fully saturated rings. The average molecular weight is 462 g/mol. The first-order valence-corrected chi connectivity index (χ1v) is 11.6. The summed E-state index contributed by atoms with van der Waals surface area (Å²) in [4.78, 5) is 24.8. The first kappa shape index (κ1) is 22.7. The van der Waals surface area contributed by atoms with Gasteiger partial charge >= 0.3 is 5.97 Å². The summed E-state index contributed by atoms with van der Waals surface area (Å²) in [5.74, 6) is -0.697. The number of aliphatic carboxylic acids is 1. The minimum absolute atomic E-state index is 0.0576. The summed E-state index contributed by atoms with van der Waals surface area (Å²) in [7, 11) is 0. The summed E-state index contributed by atoms with van der Waals surface area (Å²) in [5, 5.41) is 49.4. The van der Waals surface area contributed by atoms with Crippen LogP contribution in [-0.2, 0) is 25.5 Å². The van der Waals surface area contributed by atoms with Gasteiger partial charge in [-0.1, -0.05) is 13.0 Å². The molecular formula is C24H30O9. The number of Topliss-reactive ketones (excluding diaryl/α,β-unsaturated/α-hetero) is 1. The number of aliphatic hydroxyl groups excluding tert-OH is 3. The van der Waals surface area contributed by atoms with Crippen LogP contribution in [0.25, 0.3) is 0 Å². The fourth-order valence-corrected chi connectivity index (χ4v) is 6.78. The molecule has 0 spiro atoms. The van der Waals surface area contributed by atoms with Gasteiger partial charge in [0, 0.05) is 5.41 Å². The Bertz CT molecular complexity index is 963. The number of phenolic OH excluding ortho intramolecular Hbond substituents is 1. The Kier molecular flexibility index (Phi) is 5.53. The highest BCUT2D eigenvalue weighted by atomic mass is 16.7. The molecule has 0 aromatic heterocycles. The standard InChI is InChI=1S/C24H30O9/c1-24-7-6-13-12-5-3-11(25)8-10(12)2-4-14(13)15(24)9-16(21(24)29)32-23-19(28)17(26)18(27)20(33-23)22(30)31/h3,5,8,13-20,23,25-28H,2,4,6-7,9H2,1H3,(H,30,31)/t13-,14+,15+,16+,17+,18-,19-,20+,23+,24+/m1/s1. The molecule has 1 aromatic rings. The average Bonchev–Trinajstić information content (AvgIpc) is 3.03. The zero-order valence-corrected chi connectivity index (χ0v) is 18.3. The lowest BCUT2D eigenvalue weighted by atomic mass is 9.55. The highest BCUT2D eigenvalue weighted by molar-refractivity contribution is 5.91. The zero-order chi connectivity index (χ0) is 23.7. The molecule has 9 heteroatoms. The molecule has 2 saturated carbocycles. The molecule has 0 bridgehead atoms. The predicted octanol–water partition coefficient (Wildman–Crippen LogP) is 0.705. The Morgan fingerprint density at radius 1 is 1.15 bits per heavy atom. The van der Waals surface area contributed by atoms with Crippen molar-refractivity contribution in [2.45, 2.75) is 81.8 Å². The zero-order valence-electron chi connectivity index (χ0n) is 18.3. The second-order valence-electron chi connectivity index (χ2n) is 10.2. The summed E-state index contributed by atoms with van der Waals surface area (Å²) < 4.78 is 11.1. The number of aliphatic hydroxyl groups is 3. The van der Waals surface area contributed by atoms with Crippen molar-refractivity contribution in [1.82, 2.24) is 0 Å². The number of benzene rings is 1. The van der Waals surface area contributed by atoms with Crippen LogP contribution < -0.4 is 0 Å². The van der Waals surface area contributed by atoms with E-state index in [0.717, 1.165) is 24.8 Å². The molecule has 33 heavy (non-hydrogen) atoms. The second kappa shape index (κ2) is 8.02. The van der Waals surface area contributed by atoms with Crippen LogP contribution in [0, 0.1) is 17.3 Å². The Labute approximate surface area is 190 Å². The third-order valence-corrected chi connectivity index (χ3v) is 8.53. The summed E-state index contributed by atoms with van der Waals surface area (Å²) in [6, 6.07) is 5.52. The molecule has 1 heterocycles. The van der Waals surface area contributed by atoms with E-state index in [1.54, 1.807) is 6.07 Å². The fourth-order valence-electron chi connectivity index (χ4n) is 6.78. The van der Waals surface area contributed by atoms with Gasteiger partial charge in [0.05, 0.1) is 0 Å². The van der Waals surface area contributed by atoms with Gasteiger partial charge in [-0.05, 0) is 73.1 Å². The van der Waals surface area contributed by atoms with Crippen LogP contribution in [0.4, 0.5) is 0 Å². The molecule has 1 aromatic carbocycles. The van der Waals surface area contributed by atoms with Crippen molar-refractivity contribution in [3.05, 3.63) is 29.3 Å². The summed E-state index contributed by atoms with van der Waals surface area (Å²) in [6.45, 7) is 1.96. The number of aryl methyl sites for hydroxylation is 1. The van der Waals surface area contributed by atoms with Crippen LogP contribution in [0.1, 0.15) is 49.7 Å². The summed E-state index contributed by atoms with van der Waals surface area (Å²) in [5.41, 5.74) is 1.79. The Morgan fingerprint density at radius 2 is 1.91 bits per heavy atom. The lowest BCUT2D eigenvalue weighted by Crippen LogP contribution is -2.61. The van der Waals surface area contributed by atoms with Crippen LogP contribution >= 0.6 is 0 Å². The molecule has 4 aliphatic rings. The number of fused-ring (bicyclic) bond motifs is 5. The second-order valence-corrected chi connectivity index (χ2v) is 10.2. The maximum Gasteiger partial charge on any atom is 0.335 e. The van der Waals surface area contributed by atoms with E-state index < -0.39 is 48.2 Å². The third kappa shape index (κ3) is 3.49. The number of carboxylic acids is 1. The van der Waals surface area contributed by atoms with E-state index in [0.29, 0.717) is 18.8 Å². The normalized spacial score (nSPS) is 44.6. The Hall–Kier alpha value is -2.04. The molecule has 0 amide bonds. The first-order valence-electron chi connectivity index (χ1n) is 11.6. The molecule has 9 nitrogen and oxygen atoms in total. The fraction of sp³-hybridized carbons (Fsp3) is 0.667. The largest absolute Gasteiger partial charge is 0.508 e. The van der Waals surface area contributed by atoms with E-state index in [1.807, 2.05) is 19.1 Å². The number of ether oxygens (including phenoxy) is 2. The molecule has 5 rings (SSSR count). The van der Waals surface area contributed by atoms with Crippen LogP contribution in [-0.4, -0.2) is 74.1 Å². The molecule has 0 unspecified atom stereocenters. The number of aromatic hydroxyl groups is 1. The minimum atomic E-state index is -1.81.